The summed E-state index contributed by atoms with van der Waals surface area (Å²) in [6, 6.07) is 0. The van der Waals surface area contributed by atoms with Crippen LogP contribution in [0, 0.1) is 0 Å². The first-order chi connectivity index (χ1) is 6.00. The summed E-state index contributed by atoms with van der Waals surface area (Å²) in [4.78, 5) is 0. The Labute approximate surface area is 90.5 Å². The van der Waals surface area contributed by atoms with E-state index < -0.39 is 15.8 Å². The highest BCUT2D eigenvalue weighted by atomic mass is 127. The Bertz CT molecular complexity index is 221. The summed E-state index contributed by atoms with van der Waals surface area (Å²) in [5.74, 6) is -3.32. The predicted molar refractivity (Wildman–Crippen MR) is 55.7 cm³/mol. The molecule has 1 N–H and O–H groups in total. The standard InChI is InChI=1S/C6H12F2INO2S/c7-6(8)13(11,12)10-5-3-1-2-4-9/h6,10H,1-5H2. The molecule has 0 aliphatic rings. The Morgan fingerprint density at radius 1 is 1.23 bits per heavy atom. The van der Waals surface area contributed by atoms with E-state index in [0.29, 0.717) is 6.42 Å². The molecule has 3 nitrogen and oxygen atoms in total. The number of alkyl halides is 3. The average Bonchev–Trinajstić information content (AvgIpc) is 2.03. The van der Waals surface area contributed by atoms with E-state index in [1.165, 1.54) is 0 Å². The summed E-state index contributed by atoms with van der Waals surface area (Å²) in [5, 5.41) is 0. The number of unbranched alkanes of at least 4 members (excludes halogenated alkanes) is 2. The van der Waals surface area contributed by atoms with Crippen molar-refractivity contribution in [3.63, 3.8) is 0 Å². The van der Waals surface area contributed by atoms with Crippen LogP contribution >= 0.6 is 22.6 Å². The Morgan fingerprint density at radius 2 is 1.85 bits per heavy atom. The molecule has 0 unspecified atom stereocenters. The van der Waals surface area contributed by atoms with Crippen LogP contribution in [0.25, 0.3) is 0 Å². The monoisotopic (exact) mass is 327 g/mol. The topological polar surface area (TPSA) is 46.2 Å². The molecule has 0 aliphatic heterocycles. The first-order valence-corrected chi connectivity index (χ1v) is 6.90. The molecule has 0 aromatic heterocycles. The fourth-order valence-corrected chi connectivity index (χ4v) is 1.77. The van der Waals surface area contributed by atoms with Gasteiger partial charge in [0, 0.05) is 6.54 Å². The van der Waals surface area contributed by atoms with Crippen LogP contribution in [0.15, 0.2) is 0 Å². The smallest absolute Gasteiger partial charge is 0.210 e. The van der Waals surface area contributed by atoms with E-state index in [-0.39, 0.29) is 6.54 Å². The van der Waals surface area contributed by atoms with E-state index in [9.17, 15) is 17.2 Å². The van der Waals surface area contributed by atoms with E-state index in [2.05, 4.69) is 22.6 Å². The Kier molecular flexibility index (Phi) is 7.15. The van der Waals surface area contributed by atoms with Crippen LogP contribution in [0.4, 0.5) is 8.78 Å². The second-order valence-corrected chi connectivity index (χ2v) is 5.26. The molecule has 0 rings (SSSR count). The molecule has 0 fully saturated rings. The number of rotatable bonds is 7. The molecule has 0 saturated carbocycles. The lowest BCUT2D eigenvalue weighted by atomic mass is 10.3. The number of halogens is 3. The van der Waals surface area contributed by atoms with Crippen molar-refractivity contribution in [3.8, 4) is 0 Å². The van der Waals surface area contributed by atoms with Gasteiger partial charge in [-0.3, -0.25) is 0 Å². The maximum absolute atomic E-state index is 11.7. The van der Waals surface area contributed by atoms with Gasteiger partial charge >= 0.3 is 5.76 Å². The molecule has 0 spiro atoms. The lowest BCUT2D eigenvalue weighted by Gasteiger charge is -2.04. The van der Waals surface area contributed by atoms with Crippen LogP contribution in [0.5, 0.6) is 0 Å². The Morgan fingerprint density at radius 3 is 2.31 bits per heavy atom. The summed E-state index contributed by atoms with van der Waals surface area (Å²) in [6.45, 7) is 0.101. The minimum Gasteiger partial charge on any atom is -0.210 e. The lowest BCUT2D eigenvalue weighted by molar-refractivity contribution is 0.232. The molecule has 0 saturated heterocycles. The molecular weight excluding hydrogens is 315 g/mol. The van der Waals surface area contributed by atoms with Crippen LogP contribution in [0.2, 0.25) is 0 Å². The largest absolute Gasteiger partial charge is 0.350 e. The Balaban J connectivity index is 3.53. The highest BCUT2D eigenvalue weighted by Gasteiger charge is 2.22. The SMILES string of the molecule is O=S(=O)(NCCCCCI)C(F)F. The van der Waals surface area contributed by atoms with Crippen LogP contribution in [-0.4, -0.2) is 25.1 Å². The molecule has 0 aliphatic carbocycles. The van der Waals surface area contributed by atoms with Gasteiger partial charge < -0.3 is 0 Å². The Hall–Kier alpha value is 0.500. The first kappa shape index (κ1) is 13.5. The van der Waals surface area contributed by atoms with Crippen molar-refractivity contribution in [2.75, 3.05) is 11.0 Å². The molecule has 80 valence electrons. The minimum atomic E-state index is -4.37. The molecular formula is C6H12F2INO2S. The minimum absolute atomic E-state index is 0.101. The third-order valence-electron chi connectivity index (χ3n) is 1.35. The van der Waals surface area contributed by atoms with Crippen molar-refractivity contribution >= 4 is 32.6 Å². The van der Waals surface area contributed by atoms with Crippen molar-refractivity contribution in [2.24, 2.45) is 0 Å². The van der Waals surface area contributed by atoms with Gasteiger partial charge in [0.2, 0.25) is 0 Å². The number of sulfonamides is 1. The normalized spacial score (nSPS) is 12.3. The molecule has 7 heteroatoms. The van der Waals surface area contributed by atoms with Gasteiger partial charge in [0.1, 0.15) is 0 Å². The first-order valence-electron chi connectivity index (χ1n) is 3.83. The fraction of sp³-hybridized carbons (Fsp3) is 1.00. The summed E-state index contributed by atoms with van der Waals surface area (Å²) in [6.07, 6.45) is 2.45. The quantitative estimate of drug-likeness (QED) is 0.440. The zero-order valence-electron chi connectivity index (χ0n) is 6.97. The van der Waals surface area contributed by atoms with E-state index in [1.807, 2.05) is 4.72 Å². The summed E-state index contributed by atoms with van der Waals surface area (Å²) in [7, 11) is -4.37. The molecule has 0 aromatic carbocycles. The van der Waals surface area contributed by atoms with Crippen molar-refractivity contribution in [1.29, 1.82) is 0 Å². The van der Waals surface area contributed by atoms with Gasteiger partial charge in [0.05, 0.1) is 0 Å². The third kappa shape index (κ3) is 6.55. The molecule has 0 heterocycles. The average molecular weight is 327 g/mol. The van der Waals surface area contributed by atoms with Crippen molar-refractivity contribution in [3.05, 3.63) is 0 Å². The molecule has 0 radical (unpaired) electrons. The van der Waals surface area contributed by atoms with Crippen LogP contribution in [0.3, 0.4) is 0 Å². The number of nitrogens with one attached hydrogen (secondary N) is 1. The maximum atomic E-state index is 11.7. The van der Waals surface area contributed by atoms with Crippen molar-refractivity contribution < 1.29 is 17.2 Å². The van der Waals surface area contributed by atoms with Gasteiger partial charge in [-0.2, -0.15) is 8.78 Å². The fourth-order valence-electron chi connectivity index (χ4n) is 0.674. The second kappa shape index (κ2) is 6.88. The zero-order chi connectivity index (χ0) is 10.3. The number of hydrogen-bond donors (Lipinski definition) is 1. The van der Waals surface area contributed by atoms with Gasteiger partial charge in [0.25, 0.3) is 10.0 Å². The van der Waals surface area contributed by atoms with Crippen molar-refractivity contribution in [1.82, 2.24) is 4.72 Å². The van der Waals surface area contributed by atoms with Gasteiger partial charge in [-0.1, -0.05) is 29.0 Å². The lowest BCUT2D eigenvalue weighted by Crippen LogP contribution is -2.30. The van der Waals surface area contributed by atoms with E-state index >= 15 is 0 Å². The van der Waals surface area contributed by atoms with Gasteiger partial charge in [-0.25, -0.2) is 13.1 Å². The van der Waals surface area contributed by atoms with E-state index in [1.54, 1.807) is 0 Å². The summed E-state index contributed by atoms with van der Waals surface area (Å²) < 4.78 is 47.3. The molecule has 13 heavy (non-hydrogen) atoms. The van der Waals surface area contributed by atoms with Gasteiger partial charge in [-0.15, -0.1) is 0 Å². The van der Waals surface area contributed by atoms with Crippen LogP contribution < -0.4 is 4.72 Å². The van der Waals surface area contributed by atoms with Gasteiger partial charge in [-0.05, 0) is 17.3 Å². The highest BCUT2D eigenvalue weighted by molar-refractivity contribution is 14.1. The summed E-state index contributed by atoms with van der Waals surface area (Å²) in [5.41, 5.74) is 0. The molecule has 0 aromatic rings. The third-order valence-corrected chi connectivity index (χ3v) is 3.19. The van der Waals surface area contributed by atoms with E-state index in [0.717, 1.165) is 17.3 Å². The molecule has 0 amide bonds. The van der Waals surface area contributed by atoms with Crippen molar-refractivity contribution in [2.45, 2.75) is 25.0 Å². The summed E-state index contributed by atoms with van der Waals surface area (Å²) >= 11 is 2.21. The highest BCUT2D eigenvalue weighted by Crippen LogP contribution is 2.03. The van der Waals surface area contributed by atoms with Gasteiger partial charge in [0.15, 0.2) is 0 Å². The molecule has 0 bridgehead atoms. The number of hydrogen-bond acceptors (Lipinski definition) is 2. The van der Waals surface area contributed by atoms with Crippen LogP contribution in [-0.2, 0) is 10.0 Å². The van der Waals surface area contributed by atoms with Crippen LogP contribution in [0.1, 0.15) is 19.3 Å². The molecule has 0 atom stereocenters. The van der Waals surface area contributed by atoms with E-state index in [4.69, 9.17) is 0 Å². The second-order valence-electron chi connectivity index (χ2n) is 2.45. The predicted octanol–water partition coefficient (Wildman–Crippen LogP) is 1.73. The zero-order valence-corrected chi connectivity index (χ0v) is 9.95. The maximum Gasteiger partial charge on any atom is 0.350 e.